The number of rotatable bonds is 6. The molecule has 1 heterocycles. The Morgan fingerprint density at radius 1 is 1.00 bits per heavy atom. The van der Waals surface area contributed by atoms with Gasteiger partial charge in [-0.2, -0.15) is 0 Å². The molecule has 6 nitrogen and oxygen atoms in total. The number of primary amides is 1. The number of aliphatic hydroxyl groups is 1. The fourth-order valence-electron chi connectivity index (χ4n) is 5.27. The van der Waals surface area contributed by atoms with E-state index < -0.39 is 23.9 Å². The number of carbonyl (C=O) groups excluding carboxylic acids is 2. The molecule has 3 unspecified atom stereocenters. The molecule has 2 aliphatic rings. The smallest absolute Gasteiger partial charge is 0.338 e. The molecule has 0 bridgehead atoms. The highest BCUT2D eigenvalue weighted by atomic mass is 19.1. The van der Waals surface area contributed by atoms with Crippen molar-refractivity contribution in [2.75, 3.05) is 13.1 Å². The summed E-state index contributed by atoms with van der Waals surface area (Å²) in [7, 11) is 0. The molecule has 5 rings (SSSR count). The van der Waals surface area contributed by atoms with E-state index in [1.807, 2.05) is 12.1 Å². The number of benzene rings is 3. The van der Waals surface area contributed by atoms with Crippen LogP contribution in [0.4, 0.5) is 4.39 Å². The summed E-state index contributed by atoms with van der Waals surface area (Å²) in [6.45, 7) is 2.28. The summed E-state index contributed by atoms with van der Waals surface area (Å²) in [6.07, 6.45) is 1.06. The fourth-order valence-corrected chi connectivity index (χ4v) is 5.27. The molecule has 3 aromatic rings. The average molecular weight is 489 g/mol. The Balaban J connectivity index is 1.28. The van der Waals surface area contributed by atoms with E-state index in [0.29, 0.717) is 24.9 Å². The van der Waals surface area contributed by atoms with Gasteiger partial charge in [0, 0.05) is 19.6 Å². The van der Waals surface area contributed by atoms with Gasteiger partial charge in [0.2, 0.25) is 5.91 Å². The SMILES string of the molecule is NC(=O)C1c2ccc(CN3CCC(O)C3)cc2CCC1OC(=O)c1ccc(-c2ccc(F)cc2)cc1. The number of carbonyl (C=O) groups is 2. The van der Waals surface area contributed by atoms with Crippen LogP contribution < -0.4 is 5.73 Å². The van der Waals surface area contributed by atoms with Crippen LogP contribution in [-0.2, 0) is 22.5 Å². The number of fused-ring (bicyclic) bond motifs is 1. The Kier molecular flexibility index (Phi) is 6.85. The van der Waals surface area contributed by atoms with Gasteiger partial charge in [-0.25, -0.2) is 9.18 Å². The molecule has 3 aromatic carbocycles. The van der Waals surface area contributed by atoms with Gasteiger partial charge in [-0.15, -0.1) is 0 Å². The van der Waals surface area contributed by atoms with E-state index in [9.17, 15) is 19.1 Å². The molecule has 3 atom stereocenters. The number of esters is 1. The third kappa shape index (κ3) is 5.17. The molecule has 1 aliphatic carbocycles. The van der Waals surface area contributed by atoms with Crippen molar-refractivity contribution in [3.8, 4) is 11.1 Å². The van der Waals surface area contributed by atoms with E-state index in [-0.39, 0.29) is 11.9 Å². The first kappa shape index (κ1) is 24.2. The fraction of sp³-hybridized carbons (Fsp3) is 0.310. The van der Waals surface area contributed by atoms with E-state index >= 15 is 0 Å². The molecule has 7 heteroatoms. The molecule has 186 valence electrons. The maximum absolute atomic E-state index is 13.2. The maximum Gasteiger partial charge on any atom is 0.338 e. The van der Waals surface area contributed by atoms with Crippen LogP contribution in [0.3, 0.4) is 0 Å². The number of amides is 1. The Morgan fingerprint density at radius 3 is 2.33 bits per heavy atom. The summed E-state index contributed by atoms with van der Waals surface area (Å²) in [4.78, 5) is 27.6. The van der Waals surface area contributed by atoms with Gasteiger partial charge in [0.15, 0.2) is 0 Å². The lowest BCUT2D eigenvalue weighted by molar-refractivity contribution is -0.122. The molecule has 3 N–H and O–H groups in total. The molecular weight excluding hydrogens is 459 g/mol. The summed E-state index contributed by atoms with van der Waals surface area (Å²) in [5.41, 5.74) is 10.8. The molecule has 1 fully saturated rings. The van der Waals surface area contributed by atoms with E-state index in [4.69, 9.17) is 10.5 Å². The summed E-state index contributed by atoms with van der Waals surface area (Å²) in [5.74, 6) is -2.04. The van der Waals surface area contributed by atoms with Crippen LogP contribution in [0.5, 0.6) is 0 Å². The van der Waals surface area contributed by atoms with Gasteiger partial charge >= 0.3 is 5.97 Å². The molecule has 1 amide bonds. The van der Waals surface area contributed by atoms with Crippen LogP contribution in [-0.4, -0.2) is 47.2 Å². The number of nitrogens with two attached hydrogens (primary N) is 1. The molecule has 36 heavy (non-hydrogen) atoms. The highest BCUT2D eigenvalue weighted by Gasteiger charge is 2.36. The van der Waals surface area contributed by atoms with Crippen molar-refractivity contribution in [1.29, 1.82) is 0 Å². The number of nitrogens with zero attached hydrogens (tertiary/aromatic N) is 1. The number of hydrogen-bond donors (Lipinski definition) is 2. The average Bonchev–Trinajstić information content (AvgIpc) is 3.28. The van der Waals surface area contributed by atoms with Crippen LogP contribution in [0, 0.1) is 5.82 Å². The van der Waals surface area contributed by atoms with Gasteiger partial charge in [-0.05, 0) is 71.3 Å². The van der Waals surface area contributed by atoms with Crippen LogP contribution in [0.2, 0.25) is 0 Å². The predicted octanol–water partition coefficient (Wildman–Crippen LogP) is 3.80. The first-order valence-corrected chi connectivity index (χ1v) is 12.3. The molecule has 0 aromatic heterocycles. The number of aliphatic hydroxyl groups excluding tert-OH is 1. The van der Waals surface area contributed by atoms with Crippen LogP contribution >= 0.6 is 0 Å². The van der Waals surface area contributed by atoms with Crippen molar-refractivity contribution in [3.05, 3.63) is 94.8 Å². The maximum atomic E-state index is 13.2. The predicted molar refractivity (Wildman–Crippen MR) is 134 cm³/mol. The lowest BCUT2D eigenvalue weighted by atomic mass is 9.79. The minimum atomic E-state index is -0.709. The van der Waals surface area contributed by atoms with E-state index in [1.165, 1.54) is 12.1 Å². The first-order chi connectivity index (χ1) is 17.4. The first-order valence-electron chi connectivity index (χ1n) is 12.3. The van der Waals surface area contributed by atoms with Crippen LogP contribution in [0.15, 0.2) is 66.7 Å². The standard InChI is InChI=1S/C29H29FN2O4/c30-23-9-6-20(7-10-23)19-2-4-21(5-3-19)29(35)36-26-12-8-22-15-18(16-32-14-13-24(33)17-32)1-11-25(22)27(26)28(31)34/h1-7,9-11,15,24,26-27,33H,8,12-14,16-17H2,(H2,31,34). The topological polar surface area (TPSA) is 92.9 Å². The van der Waals surface area contributed by atoms with Gasteiger partial charge < -0.3 is 15.6 Å². The van der Waals surface area contributed by atoms with Crippen molar-refractivity contribution in [3.63, 3.8) is 0 Å². The largest absolute Gasteiger partial charge is 0.458 e. The highest BCUT2D eigenvalue weighted by Crippen LogP contribution is 2.35. The molecule has 0 spiro atoms. The molecule has 1 saturated heterocycles. The van der Waals surface area contributed by atoms with Crippen molar-refractivity contribution >= 4 is 11.9 Å². The zero-order chi connectivity index (χ0) is 25.2. The van der Waals surface area contributed by atoms with Gasteiger partial charge in [0.1, 0.15) is 11.9 Å². The van der Waals surface area contributed by atoms with Crippen molar-refractivity contribution < 1.29 is 23.8 Å². The lowest BCUT2D eigenvalue weighted by Crippen LogP contribution is -2.38. The summed E-state index contributed by atoms with van der Waals surface area (Å²) >= 11 is 0. The van der Waals surface area contributed by atoms with Gasteiger partial charge in [0.05, 0.1) is 17.6 Å². The van der Waals surface area contributed by atoms with E-state index in [1.54, 1.807) is 36.4 Å². The molecular formula is C29H29FN2O4. The second-order valence-electron chi connectivity index (χ2n) is 9.66. The zero-order valence-electron chi connectivity index (χ0n) is 19.9. The second kappa shape index (κ2) is 10.2. The summed E-state index contributed by atoms with van der Waals surface area (Å²) in [6, 6.07) is 19.0. The number of hydrogen-bond acceptors (Lipinski definition) is 5. The molecule has 0 radical (unpaired) electrons. The summed E-state index contributed by atoms with van der Waals surface area (Å²) in [5, 5.41) is 9.78. The highest BCUT2D eigenvalue weighted by molar-refractivity contribution is 5.91. The molecule has 1 aliphatic heterocycles. The zero-order valence-corrected chi connectivity index (χ0v) is 19.9. The Morgan fingerprint density at radius 2 is 1.69 bits per heavy atom. The third-order valence-corrected chi connectivity index (χ3v) is 7.13. The van der Waals surface area contributed by atoms with Gasteiger partial charge in [-0.3, -0.25) is 9.69 Å². The molecule has 0 saturated carbocycles. The second-order valence-corrected chi connectivity index (χ2v) is 9.66. The lowest BCUT2D eigenvalue weighted by Gasteiger charge is -2.32. The van der Waals surface area contributed by atoms with Crippen molar-refractivity contribution in [2.45, 2.75) is 43.9 Å². The quantitative estimate of drug-likeness (QED) is 0.515. The number of likely N-dealkylation sites (tertiary alicyclic amines) is 1. The van der Waals surface area contributed by atoms with Crippen molar-refractivity contribution in [1.82, 2.24) is 4.90 Å². The Bertz CT molecular complexity index is 1260. The number of ether oxygens (including phenoxy) is 1. The Hall–Kier alpha value is -3.55. The van der Waals surface area contributed by atoms with Crippen LogP contribution in [0.25, 0.3) is 11.1 Å². The van der Waals surface area contributed by atoms with Gasteiger partial charge in [-0.1, -0.05) is 42.5 Å². The summed E-state index contributed by atoms with van der Waals surface area (Å²) < 4.78 is 19.0. The number of aryl methyl sites for hydroxylation is 1. The number of halogens is 1. The third-order valence-electron chi connectivity index (χ3n) is 7.13. The Labute approximate surface area is 209 Å². The van der Waals surface area contributed by atoms with E-state index in [2.05, 4.69) is 11.0 Å². The van der Waals surface area contributed by atoms with Gasteiger partial charge in [0.25, 0.3) is 0 Å². The monoisotopic (exact) mass is 488 g/mol. The normalized spacial score (nSPS) is 21.7. The minimum absolute atomic E-state index is 0.267. The van der Waals surface area contributed by atoms with Crippen LogP contribution in [0.1, 0.15) is 45.8 Å². The minimum Gasteiger partial charge on any atom is -0.458 e. The van der Waals surface area contributed by atoms with Crippen molar-refractivity contribution in [2.24, 2.45) is 5.73 Å². The number of β-amino-alcohol motifs (C(OH)–C–C–N with tert-alkyl or cyclic N) is 1. The van der Waals surface area contributed by atoms with E-state index in [0.717, 1.165) is 47.3 Å².